The Balaban J connectivity index is 2.22. The van der Waals surface area contributed by atoms with E-state index < -0.39 is 0 Å². The van der Waals surface area contributed by atoms with Crippen molar-refractivity contribution in [1.29, 1.82) is 0 Å². The topological polar surface area (TPSA) is 30.5 Å². The fourth-order valence-corrected chi connectivity index (χ4v) is 2.90. The van der Waals surface area contributed by atoms with E-state index in [4.69, 9.17) is 9.47 Å². The monoisotopic (exact) mass is 247 g/mol. The molecule has 1 unspecified atom stereocenters. The van der Waals surface area contributed by atoms with Gasteiger partial charge in [0.2, 0.25) is 0 Å². The summed E-state index contributed by atoms with van der Waals surface area (Å²) in [7, 11) is 1.74. The van der Waals surface area contributed by atoms with Crippen molar-refractivity contribution in [2.75, 3.05) is 51.5 Å². The van der Waals surface area contributed by atoms with Crippen LogP contribution >= 0.6 is 11.8 Å². The van der Waals surface area contributed by atoms with Gasteiger partial charge in [-0.2, -0.15) is 11.8 Å². The first-order valence-corrected chi connectivity index (χ1v) is 7.33. The quantitative estimate of drug-likeness (QED) is 0.629. The standard InChI is InChI=1S/C12H25NO2S/c1-3-16-9-5-12(4-7-15-11-12)10-13-6-8-14-2/h13H,3-11H2,1-2H3. The van der Waals surface area contributed by atoms with Gasteiger partial charge < -0.3 is 14.8 Å². The third-order valence-electron chi connectivity index (χ3n) is 3.15. The molecule has 1 heterocycles. The summed E-state index contributed by atoms with van der Waals surface area (Å²) in [6.45, 7) is 6.89. The molecule has 0 spiro atoms. The zero-order chi connectivity index (χ0) is 11.7. The smallest absolute Gasteiger partial charge is 0.0587 e. The Kier molecular flexibility index (Phi) is 7.45. The van der Waals surface area contributed by atoms with E-state index in [9.17, 15) is 0 Å². The molecule has 1 aliphatic heterocycles. The van der Waals surface area contributed by atoms with Gasteiger partial charge in [-0.3, -0.25) is 0 Å². The van der Waals surface area contributed by atoms with E-state index in [1.54, 1.807) is 7.11 Å². The van der Waals surface area contributed by atoms with Crippen LogP contribution in [-0.4, -0.2) is 51.5 Å². The molecule has 1 rings (SSSR count). The Hall–Kier alpha value is 0.230. The van der Waals surface area contributed by atoms with E-state index in [2.05, 4.69) is 12.2 Å². The van der Waals surface area contributed by atoms with Gasteiger partial charge in [0.1, 0.15) is 0 Å². The number of methoxy groups -OCH3 is 1. The minimum Gasteiger partial charge on any atom is -0.383 e. The number of ether oxygens (including phenoxy) is 2. The van der Waals surface area contributed by atoms with Gasteiger partial charge in [-0.25, -0.2) is 0 Å². The van der Waals surface area contributed by atoms with Crippen molar-refractivity contribution < 1.29 is 9.47 Å². The molecule has 0 aromatic carbocycles. The van der Waals surface area contributed by atoms with Crippen LogP contribution in [0.1, 0.15) is 19.8 Å². The molecule has 1 saturated heterocycles. The van der Waals surface area contributed by atoms with Gasteiger partial charge in [0, 0.05) is 32.2 Å². The molecule has 1 atom stereocenters. The molecule has 0 radical (unpaired) electrons. The van der Waals surface area contributed by atoms with Gasteiger partial charge in [-0.15, -0.1) is 0 Å². The minimum absolute atomic E-state index is 0.385. The van der Waals surface area contributed by atoms with Crippen LogP contribution in [0.3, 0.4) is 0 Å². The molecular weight excluding hydrogens is 222 g/mol. The van der Waals surface area contributed by atoms with E-state index >= 15 is 0 Å². The van der Waals surface area contributed by atoms with Crippen LogP contribution < -0.4 is 5.32 Å². The summed E-state index contributed by atoms with van der Waals surface area (Å²) in [5.41, 5.74) is 0.385. The predicted octanol–water partition coefficient (Wildman–Crippen LogP) is 1.77. The molecule has 0 amide bonds. The molecule has 3 nitrogen and oxygen atoms in total. The highest BCUT2D eigenvalue weighted by Gasteiger charge is 2.33. The van der Waals surface area contributed by atoms with E-state index in [0.29, 0.717) is 5.41 Å². The normalized spacial score (nSPS) is 25.1. The van der Waals surface area contributed by atoms with Gasteiger partial charge in [0.05, 0.1) is 13.2 Å². The fraction of sp³-hybridized carbons (Fsp3) is 1.00. The number of rotatable bonds is 9. The van der Waals surface area contributed by atoms with Crippen LogP contribution in [0, 0.1) is 5.41 Å². The molecule has 1 N–H and O–H groups in total. The SMILES string of the molecule is CCSCCC1(CNCCOC)CCOC1. The van der Waals surface area contributed by atoms with Crippen LogP contribution in [-0.2, 0) is 9.47 Å². The Morgan fingerprint density at radius 2 is 2.38 bits per heavy atom. The van der Waals surface area contributed by atoms with E-state index in [1.165, 1.54) is 24.3 Å². The van der Waals surface area contributed by atoms with E-state index in [0.717, 1.165) is 32.9 Å². The summed E-state index contributed by atoms with van der Waals surface area (Å²) in [5.74, 6) is 2.47. The van der Waals surface area contributed by atoms with E-state index in [-0.39, 0.29) is 0 Å². The van der Waals surface area contributed by atoms with Crippen LogP contribution in [0.5, 0.6) is 0 Å². The molecule has 96 valence electrons. The summed E-state index contributed by atoms with van der Waals surface area (Å²) >= 11 is 2.03. The van der Waals surface area contributed by atoms with Gasteiger partial charge >= 0.3 is 0 Å². The number of hydrogen-bond donors (Lipinski definition) is 1. The Morgan fingerprint density at radius 1 is 1.50 bits per heavy atom. The Morgan fingerprint density at radius 3 is 3.00 bits per heavy atom. The maximum atomic E-state index is 5.57. The highest BCUT2D eigenvalue weighted by atomic mass is 32.2. The zero-order valence-electron chi connectivity index (χ0n) is 10.6. The lowest BCUT2D eigenvalue weighted by Crippen LogP contribution is -2.36. The largest absolute Gasteiger partial charge is 0.383 e. The molecule has 0 bridgehead atoms. The first kappa shape index (κ1) is 14.3. The highest BCUT2D eigenvalue weighted by Crippen LogP contribution is 2.32. The minimum atomic E-state index is 0.385. The van der Waals surface area contributed by atoms with Crippen molar-refractivity contribution in [2.24, 2.45) is 5.41 Å². The third kappa shape index (κ3) is 5.04. The summed E-state index contributed by atoms with van der Waals surface area (Å²) in [6.07, 6.45) is 2.47. The van der Waals surface area contributed by atoms with Crippen LogP contribution in [0.2, 0.25) is 0 Å². The molecule has 0 saturated carbocycles. The highest BCUT2D eigenvalue weighted by molar-refractivity contribution is 7.99. The predicted molar refractivity (Wildman–Crippen MR) is 70.2 cm³/mol. The van der Waals surface area contributed by atoms with Crippen molar-refractivity contribution in [3.8, 4) is 0 Å². The first-order valence-electron chi connectivity index (χ1n) is 6.18. The first-order chi connectivity index (χ1) is 7.83. The zero-order valence-corrected chi connectivity index (χ0v) is 11.4. The van der Waals surface area contributed by atoms with Crippen molar-refractivity contribution in [2.45, 2.75) is 19.8 Å². The van der Waals surface area contributed by atoms with Gasteiger partial charge in [-0.05, 0) is 24.3 Å². The molecule has 0 aromatic rings. The van der Waals surface area contributed by atoms with Crippen molar-refractivity contribution >= 4 is 11.8 Å². The van der Waals surface area contributed by atoms with Crippen molar-refractivity contribution in [3.05, 3.63) is 0 Å². The second kappa shape index (κ2) is 8.34. The fourth-order valence-electron chi connectivity index (χ4n) is 2.04. The number of nitrogens with one attached hydrogen (secondary N) is 1. The lowest BCUT2D eigenvalue weighted by Gasteiger charge is -2.27. The van der Waals surface area contributed by atoms with Crippen molar-refractivity contribution in [1.82, 2.24) is 5.32 Å². The van der Waals surface area contributed by atoms with Gasteiger partial charge in [0.25, 0.3) is 0 Å². The molecule has 16 heavy (non-hydrogen) atoms. The van der Waals surface area contributed by atoms with Crippen LogP contribution in [0.4, 0.5) is 0 Å². The Labute approximate surface area is 104 Å². The third-order valence-corrected chi connectivity index (χ3v) is 4.05. The maximum absolute atomic E-state index is 5.57. The molecule has 0 aliphatic carbocycles. The summed E-state index contributed by atoms with van der Waals surface area (Å²) < 4.78 is 10.6. The second-order valence-electron chi connectivity index (χ2n) is 4.42. The van der Waals surface area contributed by atoms with Gasteiger partial charge in [0.15, 0.2) is 0 Å². The number of thioether (sulfide) groups is 1. The molecular formula is C12H25NO2S. The van der Waals surface area contributed by atoms with Gasteiger partial charge in [-0.1, -0.05) is 6.92 Å². The molecule has 1 fully saturated rings. The average Bonchev–Trinajstić information content (AvgIpc) is 2.74. The molecule has 4 heteroatoms. The van der Waals surface area contributed by atoms with Crippen molar-refractivity contribution in [3.63, 3.8) is 0 Å². The Bertz CT molecular complexity index is 172. The maximum Gasteiger partial charge on any atom is 0.0587 e. The molecule has 0 aromatic heterocycles. The second-order valence-corrected chi connectivity index (χ2v) is 5.81. The lowest BCUT2D eigenvalue weighted by molar-refractivity contribution is 0.143. The lowest BCUT2D eigenvalue weighted by atomic mass is 9.84. The van der Waals surface area contributed by atoms with Crippen LogP contribution in [0.15, 0.2) is 0 Å². The number of hydrogen-bond acceptors (Lipinski definition) is 4. The average molecular weight is 247 g/mol. The van der Waals surface area contributed by atoms with Crippen LogP contribution in [0.25, 0.3) is 0 Å². The summed E-state index contributed by atoms with van der Waals surface area (Å²) in [6, 6.07) is 0. The van der Waals surface area contributed by atoms with E-state index in [1.807, 2.05) is 11.8 Å². The molecule has 1 aliphatic rings. The summed E-state index contributed by atoms with van der Waals surface area (Å²) in [5, 5.41) is 3.48. The summed E-state index contributed by atoms with van der Waals surface area (Å²) in [4.78, 5) is 0.